The van der Waals surface area contributed by atoms with Crippen LogP contribution in [-0.4, -0.2) is 40.5 Å². The molecule has 1 aromatic heterocycles. The van der Waals surface area contributed by atoms with Crippen molar-refractivity contribution < 1.29 is 23.9 Å². The van der Waals surface area contributed by atoms with Crippen molar-refractivity contribution in [2.45, 2.75) is 53.1 Å². The molecule has 1 aliphatic rings. The number of nitrogens with one attached hydrogen (secondary N) is 1. The first kappa shape index (κ1) is 24.4. The number of nitrogens with zero attached hydrogens (tertiary/aromatic N) is 2. The number of esters is 2. The van der Waals surface area contributed by atoms with Gasteiger partial charge < -0.3 is 14.8 Å². The number of hydrogen-bond donors (Lipinski definition) is 1. The number of aromatic nitrogens is 2. The van der Waals surface area contributed by atoms with Crippen molar-refractivity contribution in [3.8, 4) is 0 Å². The summed E-state index contributed by atoms with van der Waals surface area (Å²) in [6.45, 7) is 7.70. The standard InChI is InChI=1S/C25H31N3O5/c1-15(2)18-10-9-16(3)11-22(18)33-24(30)19-7-5-6-8-20(19)28-23(29)14-32-25(31)21-13-26-17(4)12-27-21/h5-8,12-13,15-16,18,22H,9-11,14H2,1-4H3,(H,28,29). The Morgan fingerprint density at radius 1 is 1.09 bits per heavy atom. The Balaban J connectivity index is 1.62. The molecule has 1 amide bonds. The zero-order valence-corrected chi connectivity index (χ0v) is 19.5. The summed E-state index contributed by atoms with van der Waals surface area (Å²) in [4.78, 5) is 45.3. The Labute approximate surface area is 194 Å². The second-order valence-electron chi connectivity index (χ2n) is 8.98. The average molecular weight is 454 g/mol. The molecule has 176 valence electrons. The fourth-order valence-electron chi connectivity index (χ4n) is 4.11. The summed E-state index contributed by atoms with van der Waals surface area (Å²) >= 11 is 0. The van der Waals surface area contributed by atoms with Crippen LogP contribution in [-0.2, 0) is 14.3 Å². The van der Waals surface area contributed by atoms with Crippen molar-refractivity contribution in [3.05, 3.63) is 53.6 Å². The molecule has 1 saturated carbocycles. The number of carbonyl (C=O) groups excluding carboxylic acids is 3. The van der Waals surface area contributed by atoms with Crippen LogP contribution in [0, 0.1) is 24.7 Å². The molecule has 8 heteroatoms. The molecule has 0 aliphatic heterocycles. The van der Waals surface area contributed by atoms with E-state index >= 15 is 0 Å². The van der Waals surface area contributed by atoms with Gasteiger partial charge in [-0.3, -0.25) is 9.78 Å². The van der Waals surface area contributed by atoms with Crippen LogP contribution < -0.4 is 5.32 Å². The summed E-state index contributed by atoms with van der Waals surface area (Å²) in [6.07, 6.45) is 5.58. The maximum Gasteiger partial charge on any atom is 0.359 e. The topological polar surface area (TPSA) is 107 Å². The van der Waals surface area contributed by atoms with Crippen molar-refractivity contribution in [2.24, 2.45) is 17.8 Å². The predicted molar refractivity (Wildman–Crippen MR) is 123 cm³/mol. The number of amides is 1. The maximum atomic E-state index is 13.0. The van der Waals surface area contributed by atoms with Crippen LogP contribution in [0.3, 0.4) is 0 Å². The lowest BCUT2D eigenvalue weighted by Crippen LogP contribution is -2.36. The van der Waals surface area contributed by atoms with Crippen LogP contribution in [0.5, 0.6) is 0 Å². The van der Waals surface area contributed by atoms with Crippen LogP contribution in [0.2, 0.25) is 0 Å². The van der Waals surface area contributed by atoms with Gasteiger partial charge in [-0.2, -0.15) is 0 Å². The summed E-state index contributed by atoms with van der Waals surface area (Å²) in [5.41, 5.74) is 1.25. The number of aryl methyl sites for hydroxylation is 1. The van der Waals surface area contributed by atoms with E-state index in [0.717, 1.165) is 19.3 Å². The van der Waals surface area contributed by atoms with E-state index in [1.807, 2.05) is 0 Å². The molecule has 1 N–H and O–H groups in total. The molecule has 3 atom stereocenters. The Morgan fingerprint density at radius 2 is 1.85 bits per heavy atom. The second kappa shape index (κ2) is 11.0. The molecule has 0 radical (unpaired) electrons. The number of para-hydroxylation sites is 1. The fraction of sp³-hybridized carbons (Fsp3) is 0.480. The minimum Gasteiger partial charge on any atom is -0.458 e. The molecule has 0 spiro atoms. The number of benzene rings is 1. The zero-order chi connectivity index (χ0) is 24.0. The maximum absolute atomic E-state index is 13.0. The molecule has 33 heavy (non-hydrogen) atoms. The van der Waals surface area contributed by atoms with Crippen molar-refractivity contribution in [3.63, 3.8) is 0 Å². The number of carbonyl (C=O) groups is 3. The summed E-state index contributed by atoms with van der Waals surface area (Å²) in [5.74, 6) is -0.566. The van der Waals surface area contributed by atoms with Crippen LogP contribution in [0.4, 0.5) is 5.69 Å². The smallest absolute Gasteiger partial charge is 0.359 e. The van der Waals surface area contributed by atoms with Gasteiger partial charge in [0.15, 0.2) is 12.3 Å². The summed E-state index contributed by atoms with van der Waals surface area (Å²) in [5, 5.41) is 2.63. The number of rotatable bonds is 7. The molecule has 1 aliphatic carbocycles. The third kappa shape index (κ3) is 6.60. The van der Waals surface area contributed by atoms with Gasteiger partial charge in [-0.25, -0.2) is 14.6 Å². The highest BCUT2D eigenvalue weighted by molar-refractivity contribution is 6.02. The SMILES string of the molecule is Cc1cnc(C(=O)OCC(=O)Nc2ccccc2C(=O)OC2CC(C)CCC2C(C)C)cn1. The van der Waals surface area contributed by atoms with E-state index in [1.54, 1.807) is 31.2 Å². The molecule has 1 heterocycles. The van der Waals surface area contributed by atoms with Crippen molar-refractivity contribution >= 4 is 23.5 Å². The second-order valence-corrected chi connectivity index (χ2v) is 8.98. The van der Waals surface area contributed by atoms with E-state index < -0.39 is 24.5 Å². The lowest BCUT2D eigenvalue weighted by atomic mass is 9.75. The molecule has 0 saturated heterocycles. The first-order valence-corrected chi connectivity index (χ1v) is 11.3. The molecule has 1 fully saturated rings. The van der Waals surface area contributed by atoms with Crippen LogP contribution in [0.25, 0.3) is 0 Å². The normalized spacial score (nSPS) is 20.2. The Bertz CT molecular complexity index is 990. The minimum atomic E-state index is -0.753. The van der Waals surface area contributed by atoms with E-state index in [-0.39, 0.29) is 17.4 Å². The molecule has 3 rings (SSSR count). The quantitative estimate of drug-likeness (QED) is 0.626. The third-order valence-corrected chi connectivity index (χ3v) is 5.97. The minimum absolute atomic E-state index is 0.0128. The van der Waals surface area contributed by atoms with Crippen LogP contribution in [0.1, 0.15) is 66.6 Å². The first-order valence-electron chi connectivity index (χ1n) is 11.3. The van der Waals surface area contributed by atoms with Gasteiger partial charge in [0.1, 0.15) is 6.10 Å². The van der Waals surface area contributed by atoms with E-state index in [1.165, 1.54) is 12.4 Å². The number of hydrogen-bond acceptors (Lipinski definition) is 7. The molecule has 0 bridgehead atoms. The highest BCUT2D eigenvalue weighted by atomic mass is 16.5. The van der Waals surface area contributed by atoms with Gasteiger partial charge >= 0.3 is 11.9 Å². The lowest BCUT2D eigenvalue weighted by Gasteiger charge is -2.36. The van der Waals surface area contributed by atoms with Crippen LogP contribution in [0.15, 0.2) is 36.7 Å². The Kier molecular flexibility index (Phi) is 8.14. The van der Waals surface area contributed by atoms with Gasteiger partial charge in [0.05, 0.1) is 23.1 Å². The van der Waals surface area contributed by atoms with E-state index in [9.17, 15) is 14.4 Å². The van der Waals surface area contributed by atoms with Gasteiger partial charge in [0.2, 0.25) is 0 Å². The van der Waals surface area contributed by atoms with Gasteiger partial charge in [-0.15, -0.1) is 0 Å². The molecular weight excluding hydrogens is 422 g/mol. The molecule has 8 nitrogen and oxygen atoms in total. The van der Waals surface area contributed by atoms with E-state index in [4.69, 9.17) is 9.47 Å². The third-order valence-electron chi connectivity index (χ3n) is 5.97. The van der Waals surface area contributed by atoms with Gasteiger partial charge in [-0.1, -0.05) is 39.3 Å². The van der Waals surface area contributed by atoms with Crippen molar-refractivity contribution in [1.82, 2.24) is 9.97 Å². The highest BCUT2D eigenvalue weighted by Gasteiger charge is 2.34. The average Bonchev–Trinajstić information content (AvgIpc) is 2.78. The summed E-state index contributed by atoms with van der Waals surface area (Å²) in [6, 6.07) is 6.65. The first-order chi connectivity index (χ1) is 15.7. The van der Waals surface area contributed by atoms with Gasteiger partial charge in [0, 0.05) is 6.20 Å². The van der Waals surface area contributed by atoms with E-state index in [0.29, 0.717) is 29.1 Å². The van der Waals surface area contributed by atoms with E-state index in [2.05, 4.69) is 36.1 Å². The molecular formula is C25H31N3O5. The Hall–Kier alpha value is -3.29. The number of anilines is 1. The lowest BCUT2D eigenvalue weighted by molar-refractivity contribution is -0.119. The van der Waals surface area contributed by atoms with Crippen molar-refractivity contribution in [1.29, 1.82) is 0 Å². The molecule has 3 unspecified atom stereocenters. The van der Waals surface area contributed by atoms with Gasteiger partial charge in [0.25, 0.3) is 5.91 Å². The highest BCUT2D eigenvalue weighted by Crippen LogP contribution is 2.36. The summed E-state index contributed by atoms with van der Waals surface area (Å²) < 4.78 is 10.9. The predicted octanol–water partition coefficient (Wildman–Crippen LogP) is 4.20. The molecule has 2 aromatic rings. The Morgan fingerprint density at radius 3 is 2.55 bits per heavy atom. The monoisotopic (exact) mass is 453 g/mol. The van der Waals surface area contributed by atoms with Gasteiger partial charge in [-0.05, 0) is 49.7 Å². The summed E-state index contributed by atoms with van der Waals surface area (Å²) in [7, 11) is 0. The largest absolute Gasteiger partial charge is 0.458 e. The number of ether oxygens (including phenoxy) is 2. The zero-order valence-electron chi connectivity index (χ0n) is 19.5. The van der Waals surface area contributed by atoms with Crippen molar-refractivity contribution in [2.75, 3.05) is 11.9 Å². The van der Waals surface area contributed by atoms with Crippen LogP contribution >= 0.6 is 0 Å². The molecule has 1 aromatic carbocycles. The fourth-order valence-corrected chi connectivity index (χ4v) is 4.11.